The highest BCUT2D eigenvalue weighted by atomic mass is 32.1. The number of aryl methyl sites for hydroxylation is 1. The van der Waals surface area contributed by atoms with Gasteiger partial charge in [0.25, 0.3) is 0 Å². The molecule has 0 spiro atoms. The van der Waals surface area contributed by atoms with E-state index in [1.54, 1.807) is 0 Å². The molecule has 1 aliphatic rings. The van der Waals surface area contributed by atoms with Crippen LogP contribution in [0.25, 0.3) is 0 Å². The Morgan fingerprint density at radius 2 is 2.38 bits per heavy atom. The van der Waals surface area contributed by atoms with E-state index in [9.17, 15) is 4.79 Å². The van der Waals surface area contributed by atoms with E-state index in [0.717, 1.165) is 37.7 Å². The Morgan fingerprint density at radius 1 is 1.50 bits per heavy atom. The van der Waals surface area contributed by atoms with Gasteiger partial charge < -0.3 is 10.6 Å². The van der Waals surface area contributed by atoms with Gasteiger partial charge in [0.2, 0.25) is 5.91 Å². The van der Waals surface area contributed by atoms with Gasteiger partial charge in [-0.05, 0) is 43.5 Å². The van der Waals surface area contributed by atoms with E-state index in [0.29, 0.717) is 11.0 Å². The number of pyridine rings is 1. The molecular weight excluding hydrogens is 322 g/mol. The third-order valence-electron chi connectivity index (χ3n) is 4.08. The second-order valence-electron chi connectivity index (χ2n) is 6.31. The zero-order chi connectivity index (χ0) is 16.9. The highest BCUT2D eigenvalue weighted by Crippen LogP contribution is 2.22. The highest BCUT2D eigenvalue weighted by molar-refractivity contribution is 7.13. The van der Waals surface area contributed by atoms with Gasteiger partial charge in [0.1, 0.15) is 5.82 Å². The van der Waals surface area contributed by atoms with Crippen molar-refractivity contribution in [1.29, 1.82) is 0 Å². The number of carbonyl (C=O) groups is 1. The maximum absolute atomic E-state index is 11.1. The van der Waals surface area contributed by atoms with Gasteiger partial charge >= 0.3 is 0 Å². The minimum Gasteiger partial charge on any atom is -0.370 e. The maximum atomic E-state index is 11.1. The number of anilines is 2. The van der Waals surface area contributed by atoms with Crippen LogP contribution in [0.5, 0.6) is 0 Å². The molecule has 0 bridgehead atoms. The Kier molecular flexibility index (Phi) is 5.42. The SMILES string of the molecule is CC(=O)Nc1nc(CN2CC[C@@H](CNc3cc(C)ccn3)C2)cs1. The summed E-state index contributed by atoms with van der Waals surface area (Å²) >= 11 is 1.48. The van der Waals surface area contributed by atoms with Crippen molar-refractivity contribution < 1.29 is 4.79 Å². The Labute approximate surface area is 146 Å². The second kappa shape index (κ2) is 7.72. The van der Waals surface area contributed by atoms with E-state index in [1.165, 1.54) is 30.2 Å². The molecule has 0 radical (unpaired) electrons. The second-order valence-corrected chi connectivity index (χ2v) is 7.17. The predicted octanol–water partition coefficient (Wildman–Crippen LogP) is 2.74. The summed E-state index contributed by atoms with van der Waals surface area (Å²) < 4.78 is 0. The van der Waals surface area contributed by atoms with Crippen LogP contribution in [0.1, 0.15) is 24.6 Å². The van der Waals surface area contributed by atoms with Crippen molar-refractivity contribution in [3.8, 4) is 0 Å². The summed E-state index contributed by atoms with van der Waals surface area (Å²) in [4.78, 5) is 22.3. The molecule has 2 aromatic heterocycles. The number of nitrogens with one attached hydrogen (secondary N) is 2. The molecule has 2 aromatic rings. The average molecular weight is 345 g/mol. The topological polar surface area (TPSA) is 70.2 Å². The van der Waals surface area contributed by atoms with E-state index in [1.807, 2.05) is 17.6 Å². The molecule has 3 rings (SSSR count). The van der Waals surface area contributed by atoms with Crippen LogP contribution in [0.2, 0.25) is 0 Å². The molecule has 24 heavy (non-hydrogen) atoms. The standard InChI is InChI=1S/C17H23N5OS/c1-12-3-5-18-16(7-12)19-8-14-4-6-22(9-14)10-15-11-24-17(21-15)20-13(2)23/h3,5,7,11,14H,4,6,8-10H2,1-2H3,(H,18,19)(H,20,21,23)/t14-/m0/s1. The molecule has 0 aliphatic carbocycles. The fourth-order valence-corrected chi connectivity index (χ4v) is 3.67. The molecule has 0 unspecified atom stereocenters. The van der Waals surface area contributed by atoms with Crippen molar-refractivity contribution in [2.24, 2.45) is 5.92 Å². The maximum Gasteiger partial charge on any atom is 0.223 e. The van der Waals surface area contributed by atoms with Crippen LogP contribution >= 0.6 is 11.3 Å². The normalized spacial score (nSPS) is 17.8. The van der Waals surface area contributed by atoms with Gasteiger partial charge in [0.15, 0.2) is 5.13 Å². The lowest BCUT2D eigenvalue weighted by atomic mass is 10.1. The summed E-state index contributed by atoms with van der Waals surface area (Å²) in [5.74, 6) is 1.50. The Balaban J connectivity index is 1.45. The first-order valence-corrected chi connectivity index (χ1v) is 9.07. The van der Waals surface area contributed by atoms with Gasteiger partial charge in [-0.15, -0.1) is 11.3 Å². The monoisotopic (exact) mass is 345 g/mol. The van der Waals surface area contributed by atoms with E-state index >= 15 is 0 Å². The molecule has 1 atom stereocenters. The molecule has 1 saturated heterocycles. The van der Waals surface area contributed by atoms with Crippen molar-refractivity contribution in [2.75, 3.05) is 30.3 Å². The van der Waals surface area contributed by atoms with Crippen LogP contribution in [0.4, 0.5) is 10.9 Å². The average Bonchev–Trinajstić information content (AvgIpc) is 3.15. The molecule has 6 nitrogen and oxygen atoms in total. The molecule has 2 N–H and O–H groups in total. The molecular formula is C17H23N5OS. The first-order valence-electron chi connectivity index (χ1n) is 8.19. The van der Waals surface area contributed by atoms with E-state index < -0.39 is 0 Å². The fourth-order valence-electron chi connectivity index (χ4n) is 2.92. The van der Waals surface area contributed by atoms with Gasteiger partial charge in [-0.2, -0.15) is 0 Å². The van der Waals surface area contributed by atoms with Crippen LogP contribution in [0.15, 0.2) is 23.7 Å². The van der Waals surface area contributed by atoms with Crippen LogP contribution < -0.4 is 10.6 Å². The molecule has 128 valence electrons. The van der Waals surface area contributed by atoms with E-state index in [-0.39, 0.29) is 5.91 Å². The molecule has 3 heterocycles. The number of amides is 1. The Bertz CT molecular complexity index is 702. The van der Waals surface area contributed by atoms with Crippen LogP contribution in [0, 0.1) is 12.8 Å². The third kappa shape index (κ3) is 4.75. The predicted molar refractivity (Wildman–Crippen MR) is 97.3 cm³/mol. The molecule has 1 amide bonds. The molecule has 0 saturated carbocycles. The first kappa shape index (κ1) is 16.9. The third-order valence-corrected chi connectivity index (χ3v) is 4.88. The Morgan fingerprint density at radius 3 is 3.17 bits per heavy atom. The number of carbonyl (C=O) groups excluding carboxylic acids is 1. The summed E-state index contributed by atoms with van der Waals surface area (Å²) in [7, 11) is 0. The molecule has 1 aliphatic heterocycles. The summed E-state index contributed by atoms with van der Waals surface area (Å²) in [6, 6.07) is 4.08. The number of hydrogen-bond acceptors (Lipinski definition) is 6. The highest BCUT2D eigenvalue weighted by Gasteiger charge is 2.23. The van der Waals surface area contributed by atoms with Crippen LogP contribution in [-0.2, 0) is 11.3 Å². The van der Waals surface area contributed by atoms with Crippen molar-refractivity contribution in [1.82, 2.24) is 14.9 Å². The van der Waals surface area contributed by atoms with Gasteiger partial charge in [-0.3, -0.25) is 9.69 Å². The Hall–Kier alpha value is -1.99. The molecule has 7 heteroatoms. The van der Waals surface area contributed by atoms with Gasteiger partial charge in [-0.25, -0.2) is 9.97 Å². The van der Waals surface area contributed by atoms with E-state index in [4.69, 9.17) is 0 Å². The number of thiazole rings is 1. The lowest BCUT2D eigenvalue weighted by molar-refractivity contribution is -0.114. The lowest BCUT2D eigenvalue weighted by Gasteiger charge is -2.15. The van der Waals surface area contributed by atoms with Crippen molar-refractivity contribution in [3.63, 3.8) is 0 Å². The van der Waals surface area contributed by atoms with Crippen LogP contribution in [0.3, 0.4) is 0 Å². The zero-order valence-electron chi connectivity index (χ0n) is 14.1. The number of likely N-dealkylation sites (tertiary alicyclic amines) is 1. The van der Waals surface area contributed by atoms with Crippen molar-refractivity contribution in [2.45, 2.75) is 26.8 Å². The smallest absolute Gasteiger partial charge is 0.223 e. The zero-order valence-corrected chi connectivity index (χ0v) is 14.9. The van der Waals surface area contributed by atoms with E-state index in [2.05, 4.69) is 38.5 Å². The summed E-state index contributed by atoms with van der Waals surface area (Å²) in [6.07, 6.45) is 3.02. The fraction of sp³-hybridized carbons (Fsp3) is 0.471. The number of hydrogen-bond donors (Lipinski definition) is 2. The summed E-state index contributed by atoms with van der Waals surface area (Å²) in [6.45, 7) is 7.51. The summed E-state index contributed by atoms with van der Waals surface area (Å²) in [5, 5.41) is 8.88. The van der Waals surface area contributed by atoms with Crippen molar-refractivity contribution in [3.05, 3.63) is 35.0 Å². The first-order chi connectivity index (χ1) is 11.6. The van der Waals surface area contributed by atoms with Crippen molar-refractivity contribution >= 4 is 28.2 Å². The minimum absolute atomic E-state index is 0.0760. The number of rotatable bonds is 6. The number of aromatic nitrogens is 2. The largest absolute Gasteiger partial charge is 0.370 e. The quantitative estimate of drug-likeness (QED) is 0.842. The van der Waals surface area contributed by atoms with Gasteiger partial charge in [-0.1, -0.05) is 0 Å². The molecule has 1 fully saturated rings. The summed E-state index contributed by atoms with van der Waals surface area (Å²) in [5.41, 5.74) is 2.25. The minimum atomic E-state index is -0.0760. The molecule has 0 aromatic carbocycles. The van der Waals surface area contributed by atoms with Gasteiger partial charge in [0, 0.05) is 38.1 Å². The van der Waals surface area contributed by atoms with Crippen LogP contribution in [-0.4, -0.2) is 40.4 Å². The van der Waals surface area contributed by atoms with Gasteiger partial charge in [0.05, 0.1) is 5.69 Å². The lowest BCUT2D eigenvalue weighted by Crippen LogP contribution is -2.23. The number of nitrogens with zero attached hydrogens (tertiary/aromatic N) is 3.